The molecule has 0 aliphatic carbocycles. The molecule has 1 heterocycles. The van der Waals surface area contributed by atoms with E-state index in [0.717, 1.165) is 17.8 Å². The van der Waals surface area contributed by atoms with Crippen molar-refractivity contribution in [3.8, 4) is 0 Å². The summed E-state index contributed by atoms with van der Waals surface area (Å²) >= 11 is 0. The third kappa shape index (κ3) is 4.38. The number of halogens is 2. The first kappa shape index (κ1) is 18.3. The highest BCUT2D eigenvalue weighted by Gasteiger charge is 2.12. The van der Waals surface area contributed by atoms with Gasteiger partial charge in [0.2, 0.25) is 0 Å². The van der Waals surface area contributed by atoms with E-state index in [1.807, 2.05) is 31.1 Å². The molecule has 0 unspecified atom stereocenters. The molecular formula is C20H18F2N4O. The van der Waals surface area contributed by atoms with E-state index in [1.165, 1.54) is 24.4 Å². The van der Waals surface area contributed by atoms with Crippen molar-refractivity contribution < 1.29 is 13.6 Å². The molecule has 0 fully saturated rings. The van der Waals surface area contributed by atoms with E-state index in [-0.39, 0.29) is 17.4 Å². The molecule has 0 bridgehead atoms. The van der Waals surface area contributed by atoms with Crippen LogP contribution in [0.5, 0.6) is 0 Å². The summed E-state index contributed by atoms with van der Waals surface area (Å²) in [5.41, 5.74) is 1.63. The Hall–Kier alpha value is -3.48. The van der Waals surface area contributed by atoms with Crippen LogP contribution in [0.3, 0.4) is 0 Å². The fourth-order valence-corrected chi connectivity index (χ4v) is 2.43. The Labute approximate surface area is 155 Å². The first-order valence-electron chi connectivity index (χ1n) is 8.20. The minimum Gasteiger partial charge on any atom is -0.378 e. The maximum Gasteiger partial charge on any atom is 0.255 e. The predicted molar refractivity (Wildman–Crippen MR) is 103 cm³/mol. The summed E-state index contributed by atoms with van der Waals surface area (Å²) in [6.45, 7) is 0. The van der Waals surface area contributed by atoms with E-state index in [0.29, 0.717) is 11.3 Å². The minimum absolute atomic E-state index is 0.162. The molecule has 1 aromatic heterocycles. The Morgan fingerprint density at radius 3 is 2.30 bits per heavy atom. The van der Waals surface area contributed by atoms with E-state index < -0.39 is 11.6 Å². The van der Waals surface area contributed by atoms with Crippen molar-refractivity contribution in [2.75, 3.05) is 29.6 Å². The summed E-state index contributed by atoms with van der Waals surface area (Å²) in [4.78, 5) is 18.4. The Morgan fingerprint density at radius 2 is 1.67 bits per heavy atom. The van der Waals surface area contributed by atoms with Gasteiger partial charge in [0.25, 0.3) is 5.91 Å². The van der Waals surface area contributed by atoms with Gasteiger partial charge in [-0.25, -0.2) is 13.8 Å². The summed E-state index contributed by atoms with van der Waals surface area (Å²) < 4.78 is 27.5. The van der Waals surface area contributed by atoms with Crippen LogP contribution in [0.1, 0.15) is 10.4 Å². The van der Waals surface area contributed by atoms with Crippen molar-refractivity contribution in [1.82, 2.24) is 4.98 Å². The number of aromatic nitrogens is 1. The molecule has 0 saturated carbocycles. The van der Waals surface area contributed by atoms with Crippen LogP contribution in [0.15, 0.2) is 60.8 Å². The van der Waals surface area contributed by atoms with Gasteiger partial charge in [-0.05, 0) is 48.5 Å². The van der Waals surface area contributed by atoms with Crippen LogP contribution in [0.4, 0.5) is 31.7 Å². The van der Waals surface area contributed by atoms with Crippen LogP contribution in [0.2, 0.25) is 0 Å². The lowest BCUT2D eigenvalue weighted by Gasteiger charge is -2.13. The Morgan fingerprint density at radius 1 is 1.00 bits per heavy atom. The predicted octanol–water partition coefficient (Wildman–Crippen LogP) is 4.42. The van der Waals surface area contributed by atoms with E-state index >= 15 is 0 Å². The molecule has 138 valence electrons. The highest BCUT2D eigenvalue weighted by atomic mass is 19.1. The number of carbonyl (C=O) groups excluding carboxylic acids is 1. The summed E-state index contributed by atoms with van der Waals surface area (Å²) in [7, 11) is 3.86. The Bertz CT molecular complexity index is 938. The van der Waals surface area contributed by atoms with Gasteiger partial charge in [-0.15, -0.1) is 0 Å². The monoisotopic (exact) mass is 368 g/mol. The van der Waals surface area contributed by atoms with E-state index in [2.05, 4.69) is 15.6 Å². The van der Waals surface area contributed by atoms with Crippen molar-refractivity contribution in [2.24, 2.45) is 0 Å². The van der Waals surface area contributed by atoms with Crippen LogP contribution >= 0.6 is 0 Å². The first-order valence-corrected chi connectivity index (χ1v) is 8.20. The topological polar surface area (TPSA) is 57.3 Å². The number of hydrogen-bond acceptors (Lipinski definition) is 4. The Kier molecular flexibility index (Phi) is 5.30. The molecule has 27 heavy (non-hydrogen) atoms. The lowest BCUT2D eigenvalue weighted by Crippen LogP contribution is -2.13. The molecule has 0 saturated heterocycles. The van der Waals surface area contributed by atoms with Gasteiger partial charge in [0, 0.05) is 37.2 Å². The smallest absolute Gasteiger partial charge is 0.255 e. The first-order chi connectivity index (χ1) is 12.9. The zero-order valence-electron chi connectivity index (χ0n) is 14.8. The number of para-hydroxylation sites is 1. The highest BCUT2D eigenvalue weighted by molar-refractivity contribution is 6.04. The van der Waals surface area contributed by atoms with Crippen molar-refractivity contribution in [3.05, 3.63) is 78.0 Å². The number of nitrogens with zero attached hydrogens (tertiary/aromatic N) is 2. The maximum absolute atomic E-state index is 13.8. The third-order valence-corrected chi connectivity index (χ3v) is 3.88. The van der Waals surface area contributed by atoms with Crippen LogP contribution in [0.25, 0.3) is 0 Å². The van der Waals surface area contributed by atoms with Crippen LogP contribution in [0, 0.1) is 11.6 Å². The molecule has 3 rings (SSSR count). The molecular weight excluding hydrogens is 350 g/mol. The van der Waals surface area contributed by atoms with Crippen LogP contribution < -0.4 is 15.5 Å². The third-order valence-electron chi connectivity index (χ3n) is 3.88. The molecule has 2 aromatic carbocycles. The summed E-state index contributed by atoms with van der Waals surface area (Å²) in [6, 6.07) is 13.9. The van der Waals surface area contributed by atoms with Crippen molar-refractivity contribution in [1.29, 1.82) is 0 Å². The Balaban J connectivity index is 1.75. The largest absolute Gasteiger partial charge is 0.378 e. The number of hydrogen-bond donors (Lipinski definition) is 2. The number of rotatable bonds is 5. The standard InChI is InChI=1S/C20H18F2N4O/c1-26(2)15-8-6-14(7-9-15)24-20(27)13-10-11-23-18(12-13)25-19-16(21)4-3-5-17(19)22/h3-12H,1-2H3,(H,23,25)(H,24,27). The van der Waals surface area contributed by atoms with Gasteiger partial charge in [0.05, 0.1) is 0 Å². The van der Waals surface area contributed by atoms with E-state index in [4.69, 9.17) is 0 Å². The van der Waals surface area contributed by atoms with Crippen molar-refractivity contribution in [3.63, 3.8) is 0 Å². The second kappa shape index (κ2) is 7.82. The molecule has 1 amide bonds. The molecule has 0 aliphatic rings. The number of anilines is 4. The zero-order valence-corrected chi connectivity index (χ0v) is 14.8. The number of amides is 1. The van der Waals surface area contributed by atoms with Gasteiger partial charge < -0.3 is 15.5 Å². The number of carbonyl (C=O) groups is 1. The lowest BCUT2D eigenvalue weighted by molar-refractivity contribution is 0.102. The molecule has 0 radical (unpaired) electrons. The van der Waals surface area contributed by atoms with E-state index in [9.17, 15) is 13.6 Å². The van der Waals surface area contributed by atoms with Gasteiger partial charge in [-0.3, -0.25) is 4.79 Å². The van der Waals surface area contributed by atoms with Gasteiger partial charge >= 0.3 is 0 Å². The molecule has 0 atom stereocenters. The van der Waals surface area contributed by atoms with Crippen LogP contribution in [-0.4, -0.2) is 25.0 Å². The minimum atomic E-state index is -0.743. The SMILES string of the molecule is CN(C)c1ccc(NC(=O)c2ccnc(Nc3c(F)cccc3F)c2)cc1. The fourth-order valence-electron chi connectivity index (χ4n) is 2.43. The molecule has 0 spiro atoms. The quantitative estimate of drug-likeness (QED) is 0.700. The zero-order chi connectivity index (χ0) is 19.4. The van der Waals surface area contributed by atoms with Gasteiger partial charge in [-0.2, -0.15) is 0 Å². The van der Waals surface area contributed by atoms with Crippen LogP contribution in [-0.2, 0) is 0 Å². The fraction of sp³-hybridized carbons (Fsp3) is 0.100. The molecule has 2 N–H and O–H groups in total. The summed E-state index contributed by atoms with van der Waals surface area (Å²) in [6.07, 6.45) is 1.39. The molecule has 0 aliphatic heterocycles. The normalized spacial score (nSPS) is 10.4. The average molecular weight is 368 g/mol. The average Bonchev–Trinajstić information content (AvgIpc) is 2.65. The second-order valence-corrected chi connectivity index (χ2v) is 6.05. The lowest BCUT2D eigenvalue weighted by atomic mass is 10.2. The molecule has 7 heteroatoms. The van der Waals surface area contributed by atoms with Gasteiger partial charge in [0.15, 0.2) is 0 Å². The van der Waals surface area contributed by atoms with Gasteiger partial charge in [0.1, 0.15) is 23.1 Å². The number of benzene rings is 2. The highest BCUT2D eigenvalue weighted by Crippen LogP contribution is 2.23. The molecule has 3 aromatic rings. The summed E-state index contributed by atoms with van der Waals surface area (Å²) in [5, 5.41) is 5.35. The van der Waals surface area contributed by atoms with Gasteiger partial charge in [-0.1, -0.05) is 6.07 Å². The summed E-state index contributed by atoms with van der Waals surface area (Å²) in [5.74, 6) is -1.68. The molecule has 5 nitrogen and oxygen atoms in total. The number of pyridine rings is 1. The van der Waals surface area contributed by atoms with Crippen molar-refractivity contribution >= 4 is 28.8 Å². The number of nitrogens with one attached hydrogen (secondary N) is 2. The van der Waals surface area contributed by atoms with Crippen molar-refractivity contribution in [2.45, 2.75) is 0 Å². The second-order valence-electron chi connectivity index (χ2n) is 6.05. The van der Waals surface area contributed by atoms with E-state index in [1.54, 1.807) is 12.1 Å². The maximum atomic E-state index is 13.8.